The largest absolute Gasteiger partial charge is 0.458 e. The lowest BCUT2D eigenvalue weighted by molar-refractivity contribution is -0.150. The van der Waals surface area contributed by atoms with Gasteiger partial charge in [-0.2, -0.15) is 0 Å². The number of esters is 1. The van der Waals surface area contributed by atoms with Crippen LogP contribution in [0, 0.1) is 12.3 Å². The van der Waals surface area contributed by atoms with Crippen molar-refractivity contribution in [2.24, 2.45) is 5.41 Å². The molecule has 1 N–H and O–H groups in total. The number of benzene rings is 2. The Balaban J connectivity index is 1.70. The van der Waals surface area contributed by atoms with Gasteiger partial charge in [-0.3, -0.25) is 14.4 Å². The van der Waals surface area contributed by atoms with E-state index in [-0.39, 0.29) is 31.1 Å². The summed E-state index contributed by atoms with van der Waals surface area (Å²) in [6, 6.07) is 16.0. The minimum atomic E-state index is -0.533. The van der Waals surface area contributed by atoms with Crippen LogP contribution in [0.1, 0.15) is 45.6 Å². The Labute approximate surface area is 182 Å². The number of carbonyl (C=O) groups is 3. The van der Waals surface area contributed by atoms with Crippen molar-refractivity contribution in [3.63, 3.8) is 0 Å². The van der Waals surface area contributed by atoms with E-state index in [4.69, 9.17) is 4.74 Å². The van der Waals surface area contributed by atoms with Gasteiger partial charge in [0.2, 0.25) is 5.91 Å². The third-order valence-electron chi connectivity index (χ3n) is 4.38. The average Bonchev–Trinajstić information content (AvgIpc) is 2.68. The molecule has 30 heavy (non-hydrogen) atoms. The van der Waals surface area contributed by atoms with Gasteiger partial charge in [0.25, 0.3) is 0 Å². The fourth-order valence-corrected chi connectivity index (χ4v) is 3.22. The number of rotatable bonds is 9. The lowest BCUT2D eigenvalue weighted by Gasteiger charge is -2.16. The number of ketones is 1. The van der Waals surface area contributed by atoms with Gasteiger partial charge in [0, 0.05) is 33.7 Å². The van der Waals surface area contributed by atoms with E-state index in [1.54, 1.807) is 32.5 Å². The molecule has 160 valence electrons. The molecule has 0 radical (unpaired) electrons. The average molecular weight is 428 g/mol. The highest BCUT2D eigenvalue weighted by Crippen LogP contribution is 2.28. The van der Waals surface area contributed by atoms with Gasteiger partial charge in [0.1, 0.15) is 0 Å². The number of anilines is 1. The summed E-state index contributed by atoms with van der Waals surface area (Å²) in [5.74, 6) is -0.747. The third-order valence-corrected chi connectivity index (χ3v) is 5.40. The van der Waals surface area contributed by atoms with Gasteiger partial charge in [0.05, 0.1) is 0 Å². The van der Waals surface area contributed by atoms with Crippen LogP contribution in [0.4, 0.5) is 5.69 Å². The van der Waals surface area contributed by atoms with Crippen LogP contribution in [0.25, 0.3) is 0 Å². The molecule has 0 aliphatic rings. The van der Waals surface area contributed by atoms with Crippen molar-refractivity contribution in [2.45, 2.75) is 56.7 Å². The molecule has 0 aliphatic heterocycles. The molecule has 2 rings (SSSR count). The van der Waals surface area contributed by atoms with Crippen LogP contribution in [0.2, 0.25) is 0 Å². The molecule has 2 aromatic rings. The number of carbonyl (C=O) groups excluding carboxylic acids is 3. The van der Waals surface area contributed by atoms with E-state index < -0.39 is 11.4 Å². The van der Waals surface area contributed by atoms with Gasteiger partial charge in [-0.05, 0) is 49.7 Å². The molecule has 0 bridgehead atoms. The van der Waals surface area contributed by atoms with Crippen LogP contribution >= 0.6 is 11.8 Å². The summed E-state index contributed by atoms with van der Waals surface area (Å²) >= 11 is 1.66. The Kier molecular flexibility index (Phi) is 8.66. The van der Waals surface area contributed by atoms with Crippen LogP contribution in [0.5, 0.6) is 0 Å². The Morgan fingerprint density at radius 1 is 0.900 bits per heavy atom. The first-order valence-electron chi connectivity index (χ1n) is 9.97. The van der Waals surface area contributed by atoms with Crippen LogP contribution in [0.15, 0.2) is 58.3 Å². The summed E-state index contributed by atoms with van der Waals surface area (Å²) in [5, 5.41) is 2.83. The predicted octanol–water partition coefficient (Wildman–Crippen LogP) is 5.41. The van der Waals surface area contributed by atoms with Crippen molar-refractivity contribution in [2.75, 3.05) is 11.9 Å². The number of hydrogen-bond donors (Lipinski definition) is 1. The molecule has 5 nitrogen and oxygen atoms in total. The van der Waals surface area contributed by atoms with E-state index in [0.29, 0.717) is 12.1 Å². The molecule has 6 heteroatoms. The monoisotopic (exact) mass is 427 g/mol. The highest BCUT2D eigenvalue weighted by atomic mass is 32.2. The zero-order valence-electron chi connectivity index (χ0n) is 18.0. The molecule has 0 atom stereocenters. The summed E-state index contributed by atoms with van der Waals surface area (Å²) in [4.78, 5) is 37.8. The van der Waals surface area contributed by atoms with Crippen molar-refractivity contribution in [3.05, 3.63) is 54.1 Å². The summed E-state index contributed by atoms with van der Waals surface area (Å²) in [5.41, 5.74) is 1.41. The summed E-state index contributed by atoms with van der Waals surface area (Å²) in [7, 11) is 0. The van der Waals surface area contributed by atoms with Crippen LogP contribution in [0.3, 0.4) is 0 Å². The maximum atomic E-state index is 12.1. The topological polar surface area (TPSA) is 72.5 Å². The van der Waals surface area contributed by atoms with E-state index in [9.17, 15) is 14.4 Å². The number of amides is 1. The van der Waals surface area contributed by atoms with E-state index in [1.807, 2.05) is 24.3 Å². The van der Waals surface area contributed by atoms with Gasteiger partial charge in [-0.25, -0.2) is 0 Å². The smallest absolute Gasteiger partial charge is 0.306 e. The molecular formula is C24H29NO4S. The molecular weight excluding hydrogens is 398 g/mol. The maximum Gasteiger partial charge on any atom is 0.306 e. The Morgan fingerprint density at radius 3 is 2.03 bits per heavy atom. The first-order valence-corrected chi connectivity index (χ1v) is 10.8. The SMILES string of the molecule is Cc1ccc(Sc2ccc(NC(=O)CCCC(=O)OCC(=O)C(C)(C)C)cc2)cc1. The normalized spacial score (nSPS) is 11.1. The van der Waals surface area contributed by atoms with Crippen molar-refractivity contribution >= 4 is 35.1 Å². The summed E-state index contributed by atoms with van der Waals surface area (Å²) < 4.78 is 4.98. The second kappa shape index (κ2) is 11.0. The summed E-state index contributed by atoms with van der Waals surface area (Å²) in [6.45, 7) is 7.17. The number of ether oxygens (including phenoxy) is 1. The number of hydrogen-bond acceptors (Lipinski definition) is 5. The highest BCUT2D eigenvalue weighted by molar-refractivity contribution is 7.99. The maximum absolute atomic E-state index is 12.1. The fourth-order valence-electron chi connectivity index (χ4n) is 2.40. The first-order chi connectivity index (χ1) is 14.1. The van der Waals surface area contributed by atoms with E-state index in [2.05, 4.69) is 36.5 Å². The van der Waals surface area contributed by atoms with Gasteiger partial charge < -0.3 is 10.1 Å². The molecule has 0 unspecified atom stereocenters. The molecule has 1 amide bonds. The van der Waals surface area contributed by atoms with Crippen LogP contribution in [-0.2, 0) is 19.1 Å². The van der Waals surface area contributed by atoms with Crippen molar-refractivity contribution in [1.29, 1.82) is 0 Å². The number of nitrogens with one attached hydrogen (secondary N) is 1. The Bertz CT molecular complexity index is 868. The zero-order chi connectivity index (χ0) is 22.1. The molecule has 0 heterocycles. The summed E-state index contributed by atoms with van der Waals surface area (Å²) in [6.07, 6.45) is 0.689. The van der Waals surface area contributed by atoms with Crippen molar-refractivity contribution in [1.82, 2.24) is 0 Å². The second-order valence-corrected chi connectivity index (χ2v) is 9.32. The molecule has 0 saturated heterocycles. The zero-order valence-corrected chi connectivity index (χ0v) is 18.8. The molecule has 0 aliphatic carbocycles. The van der Waals surface area contributed by atoms with Crippen molar-refractivity contribution in [3.8, 4) is 0 Å². The Morgan fingerprint density at radius 2 is 1.47 bits per heavy atom. The predicted molar refractivity (Wildman–Crippen MR) is 120 cm³/mol. The number of Topliss-reactive ketones (excluding diaryl/α,β-unsaturated/α-hetero) is 1. The molecule has 0 fully saturated rings. The van der Waals surface area contributed by atoms with Gasteiger partial charge >= 0.3 is 5.97 Å². The highest BCUT2D eigenvalue weighted by Gasteiger charge is 2.22. The lowest BCUT2D eigenvalue weighted by Crippen LogP contribution is -2.26. The van der Waals surface area contributed by atoms with Gasteiger partial charge in [-0.1, -0.05) is 50.2 Å². The van der Waals surface area contributed by atoms with E-state index in [0.717, 1.165) is 9.79 Å². The third kappa shape index (κ3) is 8.41. The lowest BCUT2D eigenvalue weighted by atomic mass is 9.91. The van der Waals surface area contributed by atoms with E-state index >= 15 is 0 Å². The molecule has 0 aromatic heterocycles. The molecule has 0 saturated carbocycles. The van der Waals surface area contributed by atoms with Crippen molar-refractivity contribution < 1.29 is 19.1 Å². The minimum Gasteiger partial charge on any atom is -0.458 e. The van der Waals surface area contributed by atoms with E-state index in [1.165, 1.54) is 5.56 Å². The van der Waals surface area contributed by atoms with Gasteiger partial charge in [-0.15, -0.1) is 0 Å². The quantitative estimate of drug-likeness (QED) is 0.542. The molecule has 2 aromatic carbocycles. The molecule has 0 spiro atoms. The fraction of sp³-hybridized carbons (Fsp3) is 0.375. The second-order valence-electron chi connectivity index (χ2n) is 8.18. The number of aryl methyl sites for hydroxylation is 1. The standard InChI is InChI=1S/C24H29NO4S/c1-17-8-12-19(13-9-17)30-20-14-10-18(11-15-20)25-22(27)6-5-7-23(28)29-16-21(26)24(2,3)4/h8-15H,5-7,16H2,1-4H3,(H,25,27). The minimum absolute atomic E-state index is 0.108. The first kappa shape index (κ1) is 23.7. The van der Waals surface area contributed by atoms with Gasteiger partial charge in [0.15, 0.2) is 12.4 Å². The van der Waals surface area contributed by atoms with Crippen LogP contribution < -0.4 is 5.32 Å². The Hall–Kier alpha value is -2.60. The van der Waals surface area contributed by atoms with Crippen LogP contribution in [-0.4, -0.2) is 24.3 Å².